The molecule has 2 aromatic carbocycles. The van der Waals surface area contributed by atoms with Gasteiger partial charge in [-0.3, -0.25) is 5.32 Å². The van der Waals surface area contributed by atoms with E-state index < -0.39 is 30.1 Å². The van der Waals surface area contributed by atoms with Gasteiger partial charge in [0.05, 0.1) is 41.7 Å². The van der Waals surface area contributed by atoms with E-state index in [0.29, 0.717) is 37.8 Å². The zero-order valence-corrected chi connectivity index (χ0v) is 24.1. The highest BCUT2D eigenvalue weighted by molar-refractivity contribution is 7.21. The zero-order chi connectivity index (χ0) is 30.0. The quantitative estimate of drug-likeness (QED) is 0.216. The Kier molecular flexibility index (Phi) is 8.11. The van der Waals surface area contributed by atoms with Crippen molar-refractivity contribution in [2.75, 3.05) is 19.5 Å². The third-order valence-corrected chi connectivity index (χ3v) is 7.37. The summed E-state index contributed by atoms with van der Waals surface area (Å²) in [6.45, 7) is 5.23. The van der Waals surface area contributed by atoms with Crippen molar-refractivity contribution in [3.8, 4) is 22.2 Å². The number of carbonyl (C=O) groups is 2. The van der Waals surface area contributed by atoms with Crippen LogP contribution in [0.4, 0.5) is 14.9 Å². The van der Waals surface area contributed by atoms with Crippen molar-refractivity contribution in [2.45, 2.75) is 33.0 Å². The number of anilines is 1. The molecular formula is C29H26FN5O6S. The van der Waals surface area contributed by atoms with Crippen molar-refractivity contribution >= 4 is 50.3 Å². The summed E-state index contributed by atoms with van der Waals surface area (Å²) in [6, 6.07) is 9.61. The van der Waals surface area contributed by atoms with E-state index in [1.54, 1.807) is 26.1 Å². The van der Waals surface area contributed by atoms with E-state index in [0.717, 1.165) is 11.1 Å². The Hall–Kier alpha value is -4.91. The number of fused-ring (bicyclic) bond motifs is 2. The van der Waals surface area contributed by atoms with Gasteiger partial charge in [-0.2, -0.15) is 0 Å². The van der Waals surface area contributed by atoms with E-state index in [2.05, 4.69) is 30.0 Å². The van der Waals surface area contributed by atoms with Crippen LogP contribution in [-0.2, 0) is 9.47 Å². The standard InChI is InChI=1S/C29H26FN5O6S/c1-14-8-18(26-21(9-14)34-25(38-4)13-32-26)27-35-20-11-19(30)23(12-24(20)42-27)40-15(2)16(3)41-29(37)33-17-6-7-31-22(10-17)28(36)39-5/h6-13,15-16H,1-5H3,(H,31,33,37)/t15-,16+/m0/s1. The normalized spacial score (nSPS) is 12.5. The molecule has 3 heterocycles. The van der Waals surface area contributed by atoms with E-state index in [-0.39, 0.29) is 11.4 Å². The Morgan fingerprint density at radius 3 is 2.57 bits per heavy atom. The Morgan fingerprint density at radius 1 is 1.00 bits per heavy atom. The van der Waals surface area contributed by atoms with E-state index >= 15 is 4.39 Å². The van der Waals surface area contributed by atoms with Crippen molar-refractivity contribution in [1.82, 2.24) is 19.9 Å². The molecular weight excluding hydrogens is 565 g/mol. The van der Waals surface area contributed by atoms with Crippen LogP contribution in [0, 0.1) is 12.7 Å². The van der Waals surface area contributed by atoms with Gasteiger partial charge in [-0.1, -0.05) is 0 Å². The molecule has 1 N–H and O–H groups in total. The second-order valence-corrected chi connectivity index (χ2v) is 10.4. The summed E-state index contributed by atoms with van der Waals surface area (Å²) in [4.78, 5) is 41.6. The topological polar surface area (TPSA) is 135 Å². The van der Waals surface area contributed by atoms with E-state index in [1.807, 2.05) is 19.1 Å². The summed E-state index contributed by atoms with van der Waals surface area (Å²) in [7, 11) is 2.76. The number of aromatic nitrogens is 4. The highest BCUT2D eigenvalue weighted by atomic mass is 32.1. The number of hydrogen-bond donors (Lipinski definition) is 1. The minimum Gasteiger partial charge on any atom is -0.484 e. The minimum atomic E-state index is -0.783. The van der Waals surface area contributed by atoms with Crippen LogP contribution in [0.15, 0.2) is 48.8 Å². The molecule has 0 aliphatic carbocycles. The van der Waals surface area contributed by atoms with Crippen LogP contribution in [0.3, 0.4) is 0 Å². The number of methoxy groups -OCH3 is 2. The Bertz CT molecular complexity index is 1810. The Labute approximate surface area is 243 Å². The van der Waals surface area contributed by atoms with Gasteiger partial charge in [0.25, 0.3) is 0 Å². The molecule has 216 valence electrons. The number of thiazole rings is 1. The number of aryl methyl sites for hydroxylation is 1. The molecule has 2 atom stereocenters. The van der Waals surface area contributed by atoms with Crippen LogP contribution in [-0.4, -0.2) is 58.4 Å². The van der Waals surface area contributed by atoms with Gasteiger partial charge < -0.3 is 18.9 Å². The molecule has 13 heteroatoms. The van der Waals surface area contributed by atoms with Gasteiger partial charge in [-0.05, 0) is 50.6 Å². The van der Waals surface area contributed by atoms with Crippen LogP contribution in [0.25, 0.3) is 31.8 Å². The van der Waals surface area contributed by atoms with Gasteiger partial charge in [0.15, 0.2) is 11.6 Å². The lowest BCUT2D eigenvalue weighted by molar-refractivity contribution is 0.0402. The number of esters is 1. The molecule has 42 heavy (non-hydrogen) atoms. The lowest BCUT2D eigenvalue weighted by Crippen LogP contribution is -2.32. The van der Waals surface area contributed by atoms with Gasteiger partial charge in [0, 0.05) is 29.6 Å². The molecule has 0 unspecified atom stereocenters. The first-order valence-electron chi connectivity index (χ1n) is 12.8. The zero-order valence-electron chi connectivity index (χ0n) is 23.3. The molecule has 3 aromatic heterocycles. The van der Waals surface area contributed by atoms with Gasteiger partial charge in [-0.25, -0.2) is 33.9 Å². The van der Waals surface area contributed by atoms with Gasteiger partial charge >= 0.3 is 12.1 Å². The second-order valence-electron chi connectivity index (χ2n) is 9.34. The van der Waals surface area contributed by atoms with Crippen LogP contribution in [0.2, 0.25) is 0 Å². The van der Waals surface area contributed by atoms with Crippen molar-refractivity contribution in [2.24, 2.45) is 0 Å². The second kappa shape index (κ2) is 11.9. The molecule has 0 aliphatic heterocycles. The van der Waals surface area contributed by atoms with E-state index in [9.17, 15) is 9.59 Å². The highest BCUT2D eigenvalue weighted by Crippen LogP contribution is 2.37. The largest absolute Gasteiger partial charge is 0.484 e. The Balaban J connectivity index is 1.31. The maximum Gasteiger partial charge on any atom is 0.412 e. The number of carbonyl (C=O) groups excluding carboxylic acids is 2. The maximum atomic E-state index is 15.1. The van der Waals surface area contributed by atoms with Gasteiger partial charge in [0.2, 0.25) is 5.88 Å². The molecule has 0 bridgehead atoms. The average molecular weight is 592 g/mol. The molecule has 5 aromatic rings. The van der Waals surface area contributed by atoms with Crippen LogP contribution >= 0.6 is 11.3 Å². The molecule has 1 amide bonds. The number of nitrogens with one attached hydrogen (secondary N) is 1. The summed E-state index contributed by atoms with van der Waals surface area (Å²) in [5.74, 6) is -0.844. The highest BCUT2D eigenvalue weighted by Gasteiger charge is 2.22. The number of ether oxygens (including phenoxy) is 4. The number of hydrogen-bond acceptors (Lipinski definition) is 11. The van der Waals surface area contributed by atoms with Crippen molar-refractivity contribution in [3.05, 3.63) is 65.9 Å². The monoisotopic (exact) mass is 591 g/mol. The molecule has 0 fully saturated rings. The first-order chi connectivity index (χ1) is 20.1. The number of rotatable bonds is 8. The SMILES string of the molecule is COC(=O)c1cc(NC(=O)O[C@H](C)[C@H](C)Oc2cc3sc(-c4cc(C)cc5nc(OC)cnc45)nc3cc2F)ccn1. The third kappa shape index (κ3) is 6.05. The number of pyridine rings is 1. The third-order valence-electron chi connectivity index (χ3n) is 6.32. The molecule has 0 saturated heterocycles. The average Bonchev–Trinajstić information content (AvgIpc) is 3.38. The molecule has 0 radical (unpaired) electrons. The number of halogens is 1. The predicted molar refractivity (Wildman–Crippen MR) is 155 cm³/mol. The lowest BCUT2D eigenvalue weighted by Gasteiger charge is -2.22. The Morgan fingerprint density at radius 2 is 1.81 bits per heavy atom. The van der Waals surface area contributed by atoms with E-state index in [4.69, 9.17) is 14.2 Å². The fourth-order valence-corrected chi connectivity index (χ4v) is 5.07. The number of amides is 1. The van der Waals surface area contributed by atoms with Crippen molar-refractivity contribution < 1.29 is 32.9 Å². The minimum absolute atomic E-state index is 0.00320. The first kappa shape index (κ1) is 28.6. The molecule has 0 saturated carbocycles. The lowest BCUT2D eigenvalue weighted by atomic mass is 10.1. The van der Waals surface area contributed by atoms with E-state index in [1.165, 1.54) is 50.0 Å². The summed E-state index contributed by atoms with van der Waals surface area (Å²) >= 11 is 1.37. The molecule has 11 nitrogen and oxygen atoms in total. The van der Waals surface area contributed by atoms with Crippen LogP contribution in [0.5, 0.6) is 11.6 Å². The van der Waals surface area contributed by atoms with Gasteiger partial charge in [-0.15, -0.1) is 11.3 Å². The fourth-order valence-electron chi connectivity index (χ4n) is 4.08. The van der Waals surface area contributed by atoms with Gasteiger partial charge in [0.1, 0.15) is 22.9 Å². The van der Waals surface area contributed by atoms with Crippen molar-refractivity contribution in [1.29, 1.82) is 0 Å². The predicted octanol–water partition coefficient (Wildman–Crippen LogP) is 5.95. The first-order valence-corrected chi connectivity index (χ1v) is 13.6. The maximum absolute atomic E-state index is 15.1. The molecule has 0 spiro atoms. The number of nitrogens with zero attached hydrogens (tertiary/aromatic N) is 4. The summed E-state index contributed by atoms with van der Waals surface area (Å²) in [5.41, 5.74) is 3.85. The summed E-state index contributed by atoms with van der Waals surface area (Å²) in [6.07, 6.45) is 0.653. The van der Waals surface area contributed by atoms with Crippen molar-refractivity contribution in [3.63, 3.8) is 0 Å². The number of benzene rings is 2. The molecule has 0 aliphatic rings. The molecule has 5 rings (SSSR count). The summed E-state index contributed by atoms with van der Waals surface area (Å²) in [5, 5.41) is 3.18. The smallest absolute Gasteiger partial charge is 0.412 e. The van der Waals surface area contributed by atoms with Crippen LogP contribution < -0.4 is 14.8 Å². The fraction of sp³-hybridized carbons (Fsp3) is 0.241. The summed E-state index contributed by atoms with van der Waals surface area (Å²) < 4.78 is 36.9. The van der Waals surface area contributed by atoms with Crippen LogP contribution in [0.1, 0.15) is 29.9 Å².